The van der Waals surface area contributed by atoms with E-state index in [0.717, 1.165) is 17.7 Å². The lowest BCUT2D eigenvalue weighted by Gasteiger charge is -2.25. The number of rotatable bonds is 4. The molecule has 1 aliphatic rings. The molecule has 2 heterocycles. The third kappa shape index (κ3) is 4.04. The van der Waals surface area contributed by atoms with Crippen LogP contribution in [-0.2, 0) is 17.4 Å². The average Bonchev–Trinajstić information content (AvgIpc) is 3.21. The van der Waals surface area contributed by atoms with E-state index in [4.69, 9.17) is 4.42 Å². The van der Waals surface area contributed by atoms with Crippen LogP contribution in [0.3, 0.4) is 0 Å². The number of carbonyl (C=O) groups excluding carboxylic acids is 1. The smallest absolute Gasteiger partial charge is 0.416 e. The molecule has 2 atom stereocenters. The first-order chi connectivity index (χ1) is 11.8. The molecular weight excluding hydrogens is 335 g/mol. The lowest BCUT2D eigenvalue weighted by Crippen LogP contribution is -2.32. The number of halogens is 3. The maximum atomic E-state index is 12.9. The van der Waals surface area contributed by atoms with E-state index in [-0.39, 0.29) is 25.3 Å². The molecule has 1 fully saturated rings. The van der Waals surface area contributed by atoms with E-state index in [1.807, 2.05) is 0 Å². The van der Waals surface area contributed by atoms with Crippen molar-refractivity contribution in [1.82, 2.24) is 4.90 Å². The highest BCUT2D eigenvalue weighted by atomic mass is 19.4. The summed E-state index contributed by atoms with van der Waals surface area (Å²) in [5, 5.41) is 9.93. The molecule has 1 aromatic carbocycles. The third-order valence-corrected chi connectivity index (χ3v) is 4.41. The summed E-state index contributed by atoms with van der Waals surface area (Å²) in [6, 6.07) is 6.16. The second-order valence-corrected chi connectivity index (χ2v) is 6.21. The zero-order valence-electron chi connectivity index (χ0n) is 13.4. The maximum Gasteiger partial charge on any atom is 0.416 e. The Morgan fingerprint density at radius 1 is 1.32 bits per heavy atom. The molecule has 7 heteroatoms. The predicted molar refractivity (Wildman–Crippen MR) is 83.6 cm³/mol. The van der Waals surface area contributed by atoms with Crippen molar-refractivity contribution in [2.45, 2.75) is 37.6 Å². The highest BCUT2D eigenvalue weighted by Crippen LogP contribution is 2.36. The summed E-state index contributed by atoms with van der Waals surface area (Å²) >= 11 is 0. The van der Waals surface area contributed by atoms with Crippen molar-refractivity contribution in [3.63, 3.8) is 0 Å². The van der Waals surface area contributed by atoms with Gasteiger partial charge >= 0.3 is 6.18 Å². The first-order valence-corrected chi connectivity index (χ1v) is 8.00. The van der Waals surface area contributed by atoms with Gasteiger partial charge < -0.3 is 14.4 Å². The van der Waals surface area contributed by atoms with Crippen molar-refractivity contribution in [3.05, 3.63) is 59.5 Å². The van der Waals surface area contributed by atoms with E-state index in [0.29, 0.717) is 12.0 Å². The number of aliphatic hydroxyl groups is 1. The van der Waals surface area contributed by atoms with Gasteiger partial charge in [0.2, 0.25) is 5.91 Å². The number of likely N-dealkylation sites (tertiary alicyclic amines) is 1. The fourth-order valence-corrected chi connectivity index (χ4v) is 3.16. The number of carbonyl (C=O) groups is 1. The lowest BCUT2D eigenvalue weighted by molar-refractivity contribution is -0.137. The van der Waals surface area contributed by atoms with Gasteiger partial charge in [-0.2, -0.15) is 13.2 Å². The number of aryl methyl sites for hydroxylation is 1. The Morgan fingerprint density at radius 2 is 2.12 bits per heavy atom. The minimum Gasteiger partial charge on any atom is -0.472 e. The topological polar surface area (TPSA) is 53.7 Å². The number of hydrogen-bond donors (Lipinski definition) is 1. The van der Waals surface area contributed by atoms with E-state index < -0.39 is 23.9 Å². The van der Waals surface area contributed by atoms with Crippen LogP contribution in [0.4, 0.5) is 13.2 Å². The number of aliphatic hydroxyl groups excluding tert-OH is 1. The summed E-state index contributed by atoms with van der Waals surface area (Å²) in [7, 11) is 0. The molecule has 0 aliphatic carbocycles. The molecule has 1 amide bonds. The average molecular weight is 353 g/mol. The zero-order chi connectivity index (χ0) is 18.0. The summed E-state index contributed by atoms with van der Waals surface area (Å²) in [4.78, 5) is 14.0. The van der Waals surface area contributed by atoms with Crippen LogP contribution in [0.15, 0.2) is 47.3 Å². The normalized spacial score (nSPS) is 20.9. The molecule has 1 aromatic heterocycles. The maximum absolute atomic E-state index is 12.9. The largest absolute Gasteiger partial charge is 0.472 e. The van der Waals surface area contributed by atoms with Gasteiger partial charge in [-0.25, -0.2) is 0 Å². The van der Waals surface area contributed by atoms with E-state index >= 15 is 0 Å². The second-order valence-electron chi connectivity index (χ2n) is 6.21. The molecule has 0 saturated carbocycles. The Morgan fingerprint density at radius 3 is 2.80 bits per heavy atom. The number of amides is 1. The fraction of sp³-hybridized carbons (Fsp3) is 0.389. The summed E-state index contributed by atoms with van der Waals surface area (Å²) in [5.41, 5.74) is 0.518. The van der Waals surface area contributed by atoms with Crippen molar-refractivity contribution in [2.24, 2.45) is 0 Å². The van der Waals surface area contributed by atoms with Crippen molar-refractivity contribution in [2.75, 3.05) is 6.54 Å². The number of nitrogens with zero attached hydrogens (tertiary/aromatic N) is 1. The molecule has 0 bridgehead atoms. The SMILES string of the molecule is O=C(CCc1ccoc1)N1C[C@@H](O)C[C@H]1c1cccc(C(F)(F)F)c1. The molecule has 1 N–H and O–H groups in total. The molecule has 4 nitrogen and oxygen atoms in total. The van der Waals surface area contributed by atoms with Crippen LogP contribution in [0.25, 0.3) is 0 Å². The Kier molecular flexibility index (Phi) is 4.85. The van der Waals surface area contributed by atoms with Gasteiger partial charge in [-0.3, -0.25) is 4.79 Å². The minimum absolute atomic E-state index is 0.130. The van der Waals surface area contributed by atoms with Gasteiger partial charge in [-0.05, 0) is 42.2 Å². The van der Waals surface area contributed by atoms with Crippen LogP contribution in [-0.4, -0.2) is 28.6 Å². The van der Waals surface area contributed by atoms with Gasteiger partial charge in [0, 0.05) is 13.0 Å². The van der Waals surface area contributed by atoms with Crippen LogP contribution >= 0.6 is 0 Å². The van der Waals surface area contributed by atoms with E-state index in [1.165, 1.54) is 17.2 Å². The Hall–Kier alpha value is -2.28. The second kappa shape index (κ2) is 6.92. The molecule has 1 aliphatic heterocycles. The number of benzene rings is 1. The van der Waals surface area contributed by atoms with E-state index in [1.54, 1.807) is 18.4 Å². The van der Waals surface area contributed by atoms with E-state index in [2.05, 4.69) is 0 Å². The summed E-state index contributed by atoms with van der Waals surface area (Å²) in [6.07, 6.45) is -1.18. The molecule has 0 radical (unpaired) electrons. The molecule has 134 valence electrons. The quantitative estimate of drug-likeness (QED) is 0.914. The first-order valence-electron chi connectivity index (χ1n) is 8.00. The lowest BCUT2D eigenvalue weighted by atomic mass is 10.0. The summed E-state index contributed by atoms with van der Waals surface area (Å²) in [6.45, 7) is 0.130. The van der Waals surface area contributed by atoms with Crippen molar-refractivity contribution in [1.29, 1.82) is 0 Å². The van der Waals surface area contributed by atoms with Crippen molar-refractivity contribution < 1.29 is 27.5 Å². The van der Waals surface area contributed by atoms with Gasteiger partial charge in [0.05, 0.1) is 30.2 Å². The molecule has 2 aromatic rings. The molecule has 25 heavy (non-hydrogen) atoms. The van der Waals surface area contributed by atoms with Gasteiger partial charge in [0.15, 0.2) is 0 Å². The predicted octanol–water partition coefficient (Wildman–Crippen LogP) is 3.57. The number of alkyl halides is 3. The third-order valence-electron chi connectivity index (χ3n) is 4.41. The highest BCUT2D eigenvalue weighted by molar-refractivity contribution is 5.77. The zero-order valence-corrected chi connectivity index (χ0v) is 13.4. The number of furan rings is 1. The van der Waals surface area contributed by atoms with Gasteiger partial charge in [0.1, 0.15) is 0 Å². The van der Waals surface area contributed by atoms with E-state index in [9.17, 15) is 23.1 Å². The molecule has 3 rings (SSSR count). The fourth-order valence-electron chi connectivity index (χ4n) is 3.16. The molecule has 0 unspecified atom stereocenters. The van der Waals surface area contributed by atoms with Crippen LogP contribution in [0, 0.1) is 0 Å². The van der Waals surface area contributed by atoms with Crippen LogP contribution in [0.1, 0.15) is 35.6 Å². The van der Waals surface area contributed by atoms with Gasteiger partial charge in [0.25, 0.3) is 0 Å². The Labute approximate surface area is 142 Å². The number of hydrogen-bond acceptors (Lipinski definition) is 3. The molecule has 1 saturated heterocycles. The first kappa shape index (κ1) is 17.5. The van der Waals surface area contributed by atoms with Crippen molar-refractivity contribution >= 4 is 5.91 Å². The molecular formula is C18H18F3NO3. The highest BCUT2D eigenvalue weighted by Gasteiger charge is 2.37. The van der Waals surface area contributed by atoms with Gasteiger partial charge in [-0.15, -0.1) is 0 Å². The minimum atomic E-state index is -4.44. The monoisotopic (exact) mass is 353 g/mol. The number of β-amino-alcohol motifs (C(OH)–C–C–N with tert-alkyl or cyclic N) is 1. The molecule has 0 spiro atoms. The summed E-state index contributed by atoms with van der Waals surface area (Å²) in [5.74, 6) is -0.194. The Bertz CT molecular complexity index is 727. The van der Waals surface area contributed by atoms with Crippen LogP contribution < -0.4 is 0 Å². The van der Waals surface area contributed by atoms with Crippen LogP contribution in [0.5, 0.6) is 0 Å². The standard InChI is InChI=1S/C18H18F3NO3/c19-18(20,21)14-3-1-2-13(8-14)16-9-15(23)10-22(16)17(24)5-4-12-6-7-25-11-12/h1-3,6-8,11,15-16,23H,4-5,9-10H2/t15-,16-/m0/s1. The van der Waals surface area contributed by atoms with Gasteiger partial charge in [-0.1, -0.05) is 12.1 Å². The van der Waals surface area contributed by atoms with Crippen molar-refractivity contribution in [3.8, 4) is 0 Å². The van der Waals surface area contributed by atoms with Crippen LogP contribution in [0.2, 0.25) is 0 Å². The Balaban J connectivity index is 1.76. The summed E-state index contributed by atoms with van der Waals surface area (Å²) < 4.78 is 43.7.